The fourth-order valence-corrected chi connectivity index (χ4v) is 2.91. The molecule has 7 heteroatoms. The number of aromatic nitrogens is 2. The van der Waals surface area contributed by atoms with Crippen molar-refractivity contribution in [1.82, 2.24) is 9.78 Å². The second kappa shape index (κ2) is 7.85. The highest BCUT2D eigenvalue weighted by Gasteiger charge is 2.06. The summed E-state index contributed by atoms with van der Waals surface area (Å²) >= 11 is 11.4. The van der Waals surface area contributed by atoms with Gasteiger partial charge in [0.2, 0.25) is 0 Å². The number of anilines is 2. The van der Waals surface area contributed by atoms with Crippen molar-refractivity contribution >= 4 is 40.3 Å². The number of halogens is 2. The lowest BCUT2D eigenvalue weighted by atomic mass is 10.1. The van der Waals surface area contributed by atoms with Crippen LogP contribution in [-0.2, 0) is 6.54 Å². The Bertz CT molecular complexity index is 954. The standard InChI is InChI=1S/C19H18ClFN4S/c1-12-3-6-16(7-13(12)2)23-19(26)24-17-9-22-25(11-17)10-14-4-5-15(21)8-18(14)20/h3-9,11H,10H2,1-2H3,(H2,23,24,26). The molecular weight excluding hydrogens is 371 g/mol. The van der Waals surface area contributed by atoms with Crippen LogP contribution in [0.4, 0.5) is 15.8 Å². The van der Waals surface area contributed by atoms with Gasteiger partial charge < -0.3 is 10.6 Å². The third-order valence-corrected chi connectivity index (χ3v) is 4.56. The highest BCUT2D eigenvalue weighted by Crippen LogP contribution is 2.19. The Morgan fingerprint density at radius 3 is 2.62 bits per heavy atom. The van der Waals surface area contributed by atoms with Gasteiger partial charge in [0.25, 0.3) is 0 Å². The summed E-state index contributed by atoms with van der Waals surface area (Å²) in [5.41, 5.74) is 4.90. The number of benzene rings is 2. The van der Waals surface area contributed by atoms with Gasteiger partial charge in [0.15, 0.2) is 5.11 Å². The van der Waals surface area contributed by atoms with E-state index in [-0.39, 0.29) is 5.82 Å². The van der Waals surface area contributed by atoms with Crippen molar-refractivity contribution in [3.8, 4) is 0 Å². The van der Waals surface area contributed by atoms with Gasteiger partial charge in [-0.1, -0.05) is 23.7 Å². The summed E-state index contributed by atoms with van der Waals surface area (Å²) in [5.74, 6) is -0.357. The molecule has 0 radical (unpaired) electrons. The molecule has 0 saturated carbocycles. The summed E-state index contributed by atoms with van der Waals surface area (Å²) in [7, 11) is 0. The molecule has 0 saturated heterocycles. The summed E-state index contributed by atoms with van der Waals surface area (Å²) in [6.45, 7) is 4.57. The molecule has 0 aliphatic rings. The minimum absolute atomic E-state index is 0.357. The number of thiocarbonyl (C=S) groups is 1. The van der Waals surface area contributed by atoms with Gasteiger partial charge in [0, 0.05) is 16.9 Å². The molecule has 0 aliphatic carbocycles. The highest BCUT2D eigenvalue weighted by atomic mass is 35.5. The first-order valence-corrected chi connectivity index (χ1v) is 8.81. The van der Waals surface area contributed by atoms with Crippen LogP contribution in [0, 0.1) is 19.7 Å². The van der Waals surface area contributed by atoms with E-state index in [4.69, 9.17) is 23.8 Å². The molecule has 1 heterocycles. The molecule has 0 unspecified atom stereocenters. The minimum atomic E-state index is -0.357. The molecule has 2 aromatic carbocycles. The van der Waals surface area contributed by atoms with Crippen LogP contribution in [0.25, 0.3) is 0 Å². The van der Waals surface area contributed by atoms with E-state index in [2.05, 4.69) is 29.6 Å². The second-order valence-corrected chi connectivity index (χ2v) is 6.86. The molecule has 0 bridgehead atoms. The lowest BCUT2D eigenvalue weighted by Crippen LogP contribution is -2.18. The van der Waals surface area contributed by atoms with Gasteiger partial charge in [-0.3, -0.25) is 4.68 Å². The van der Waals surface area contributed by atoms with Gasteiger partial charge in [-0.05, 0) is 67.0 Å². The van der Waals surface area contributed by atoms with Crippen molar-refractivity contribution in [1.29, 1.82) is 0 Å². The number of hydrogen-bond acceptors (Lipinski definition) is 2. The summed E-state index contributed by atoms with van der Waals surface area (Å²) in [6, 6.07) is 10.4. The number of aryl methyl sites for hydroxylation is 2. The van der Waals surface area contributed by atoms with E-state index in [0.29, 0.717) is 16.7 Å². The van der Waals surface area contributed by atoms with Crippen molar-refractivity contribution in [3.63, 3.8) is 0 Å². The zero-order valence-electron chi connectivity index (χ0n) is 14.4. The van der Waals surface area contributed by atoms with Gasteiger partial charge in [0.1, 0.15) is 5.82 Å². The van der Waals surface area contributed by atoms with E-state index in [9.17, 15) is 4.39 Å². The predicted octanol–water partition coefficient (Wildman–Crippen LogP) is 5.15. The molecule has 134 valence electrons. The first-order valence-electron chi connectivity index (χ1n) is 8.02. The van der Waals surface area contributed by atoms with Crippen LogP contribution >= 0.6 is 23.8 Å². The maximum atomic E-state index is 13.1. The van der Waals surface area contributed by atoms with Crippen LogP contribution in [0.2, 0.25) is 5.02 Å². The minimum Gasteiger partial charge on any atom is -0.332 e. The Morgan fingerprint density at radius 2 is 1.88 bits per heavy atom. The van der Waals surface area contributed by atoms with Gasteiger partial charge >= 0.3 is 0 Å². The average Bonchev–Trinajstić information content (AvgIpc) is 3.00. The average molecular weight is 389 g/mol. The third kappa shape index (κ3) is 4.59. The molecule has 3 aromatic rings. The lowest BCUT2D eigenvalue weighted by Gasteiger charge is -2.10. The molecular formula is C19H18ClFN4S. The molecule has 0 atom stereocenters. The van der Waals surface area contributed by atoms with E-state index in [1.54, 1.807) is 16.9 Å². The molecule has 4 nitrogen and oxygen atoms in total. The summed E-state index contributed by atoms with van der Waals surface area (Å²) in [5, 5.41) is 11.4. The fourth-order valence-electron chi connectivity index (χ4n) is 2.45. The Kier molecular flexibility index (Phi) is 5.54. The van der Waals surface area contributed by atoms with Crippen LogP contribution in [0.5, 0.6) is 0 Å². The van der Waals surface area contributed by atoms with E-state index in [1.807, 2.05) is 24.4 Å². The zero-order valence-corrected chi connectivity index (χ0v) is 16.0. The molecule has 2 N–H and O–H groups in total. The van der Waals surface area contributed by atoms with E-state index in [1.165, 1.54) is 23.3 Å². The number of hydrogen-bond donors (Lipinski definition) is 2. The van der Waals surface area contributed by atoms with Gasteiger partial charge in [-0.2, -0.15) is 5.10 Å². The first kappa shape index (κ1) is 18.4. The van der Waals surface area contributed by atoms with E-state index >= 15 is 0 Å². The number of rotatable bonds is 4. The van der Waals surface area contributed by atoms with Crippen LogP contribution < -0.4 is 10.6 Å². The predicted molar refractivity (Wildman–Crippen MR) is 108 cm³/mol. The van der Waals surface area contributed by atoms with Crippen molar-refractivity contribution < 1.29 is 4.39 Å². The van der Waals surface area contributed by atoms with Crippen LogP contribution in [0.3, 0.4) is 0 Å². The maximum absolute atomic E-state index is 13.1. The molecule has 26 heavy (non-hydrogen) atoms. The van der Waals surface area contributed by atoms with Crippen molar-refractivity contribution in [2.45, 2.75) is 20.4 Å². The van der Waals surface area contributed by atoms with E-state index in [0.717, 1.165) is 16.9 Å². The molecule has 0 aliphatic heterocycles. The Balaban J connectivity index is 1.62. The zero-order chi connectivity index (χ0) is 18.7. The highest BCUT2D eigenvalue weighted by molar-refractivity contribution is 7.80. The maximum Gasteiger partial charge on any atom is 0.175 e. The Labute approximate surface area is 162 Å². The topological polar surface area (TPSA) is 41.9 Å². The van der Waals surface area contributed by atoms with Gasteiger partial charge in [0.05, 0.1) is 18.4 Å². The van der Waals surface area contributed by atoms with Crippen LogP contribution in [0.15, 0.2) is 48.8 Å². The Hall–Kier alpha value is -2.44. The van der Waals surface area contributed by atoms with Gasteiger partial charge in [-0.25, -0.2) is 4.39 Å². The monoisotopic (exact) mass is 388 g/mol. The number of nitrogens with zero attached hydrogens (tertiary/aromatic N) is 2. The summed E-state index contributed by atoms with van der Waals surface area (Å²) in [4.78, 5) is 0. The smallest absolute Gasteiger partial charge is 0.175 e. The number of nitrogens with one attached hydrogen (secondary N) is 2. The quantitative estimate of drug-likeness (QED) is 0.606. The fraction of sp³-hybridized carbons (Fsp3) is 0.158. The molecule has 0 spiro atoms. The third-order valence-electron chi connectivity index (χ3n) is 4.00. The largest absolute Gasteiger partial charge is 0.332 e. The van der Waals surface area contributed by atoms with Crippen LogP contribution in [0.1, 0.15) is 16.7 Å². The summed E-state index contributed by atoms with van der Waals surface area (Å²) in [6.07, 6.45) is 3.49. The molecule has 3 rings (SSSR count). The van der Waals surface area contributed by atoms with E-state index < -0.39 is 0 Å². The molecule has 0 amide bonds. The summed E-state index contributed by atoms with van der Waals surface area (Å²) < 4.78 is 14.8. The van der Waals surface area contributed by atoms with Crippen molar-refractivity contribution in [3.05, 3.63) is 76.3 Å². The van der Waals surface area contributed by atoms with Gasteiger partial charge in [-0.15, -0.1) is 0 Å². The molecule has 0 fully saturated rings. The second-order valence-electron chi connectivity index (χ2n) is 6.04. The SMILES string of the molecule is Cc1ccc(NC(=S)Nc2cnn(Cc3ccc(F)cc3Cl)c2)cc1C. The normalized spacial score (nSPS) is 10.6. The van der Waals surface area contributed by atoms with Crippen molar-refractivity contribution in [2.75, 3.05) is 10.6 Å². The lowest BCUT2D eigenvalue weighted by molar-refractivity contribution is 0.624. The molecule has 1 aromatic heterocycles. The van der Waals surface area contributed by atoms with Crippen LogP contribution in [-0.4, -0.2) is 14.9 Å². The first-order chi connectivity index (χ1) is 12.4. The van der Waals surface area contributed by atoms with Crippen molar-refractivity contribution in [2.24, 2.45) is 0 Å². The Morgan fingerprint density at radius 1 is 1.12 bits per heavy atom.